The van der Waals surface area contributed by atoms with Gasteiger partial charge in [0.05, 0.1) is 5.56 Å². The molecule has 1 aromatic rings. The summed E-state index contributed by atoms with van der Waals surface area (Å²) in [5.74, 6) is -1.65. The van der Waals surface area contributed by atoms with Crippen molar-refractivity contribution in [2.24, 2.45) is 0 Å². The van der Waals surface area contributed by atoms with Gasteiger partial charge in [-0.15, -0.1) is 24.8 Å². The van der Waals surface area contributed by atoms with Crippen LogP contribution in [-0.2, 0) is 5.88 Å². The van der Waals surface area contributed by atoms with Crippen LogP contribution in [0.15, 0.2) is 6.20 Å². The minimum Gasteiger partial charge on any atom is -0.402 e. The van der Waals surface area contributed by atoms with Crippen LogP contribution in [-0.4, -0.2) is 11.3 Å². The Bertz CT molecular complexity index is 410. The van der Waals surface area contributed by atoms with E-state index < -0.39 is 35.1 Å². The minimum absolute atomic E-state index is 0.273. The molecule has 9 heteroatoms. The van der Waals surface area contributed by atoms with Crippen molar-refractivity contribution in [3.63, 3.8) is 0 Å². The monoisotopic (exact) mass is 295 g/mol. The number of hydrogen-bond donors (Lipinski definition) is 0. The first-order chi connectivity index (χ1) is 7.76. The number of nitrogens with zero attached hydrogens (tertiary/aromatic N) is 1. The second-order valence-electron chi connectivity index (χ2n) is 2.80. The van der Waals surface area contributed by atoms with Crippen LogP contribution in [0.2, 0.25) is 5.15 Å². The van der Waals surface area contributed by atoms with Crippen LogP contribution in [0, 0.1) is 0 Å². The highest BCUT2D eigenvalue weighted by atomic mass is 35.5. The van der Waals surface area contributed by atoms with Crippen molar-refractivity contribution in [1.82, 2.24) is 4.98 Å². The lowest BCUT2D eigenvalue weighted by molar-refractivity contribution is -0.275. The third kappa shape index (κ3) is 3.57. The molecule has 17 heavy (non-hydrogen) atoms. The minimum atomic E-state index is -5.14. The fourth-order valence-corrected chi connectivity index (χ4v) is 1.48. The van der Waals surface area contributed by atoms with E-state index in [0.29, 0.717) is 0 Å². The largest absolute Gasteiger partial charge is 0.573 e. The van der Waals surface area contributed by atoms with Crippen LogP contribution >= 0.6 is 23.2 Å². The third-order valence-electron chi connectivity index (χ3n) is 1.69. The van der Waals surface area contributed by atoms with Crippen molar-refractivity contribution in [3.05, 3.63) is 22.5 Å². The number of halogens is 7. The summed E-state index contributed by atoms with van der Waals surface area (Å²) in [5.41, 5.74) is -1.28. The Morgan fingerprint density at radius 2 is 1.94 bits per heavy atom. The average molecular weight is 296 g/mol. The van der Waals surface area contributed by atoms with Gasteiger partial charge in [-0.1, -0.05) is 11.6 Å². The quantitative estimate of drug-likeness (QED) is 0.471. The van der Waals surface area contributed by atoms with Crippen molar-refractivity contribution < 1.29 is 26.7 Å². The Morgan fingerprint density at radius 1 is 1.35 bits per heavy atom. The van der Waals surface area contributed by atoms with Gasteiger partial charge in [0.25, 0.3) is 6.43 Å². The van der Waals surface area contributed by atoms with E-state index in [1.807, 2.05) is 0 Å². The topological polar surface area (TPSA) is 22.1 Å². The molecule has 0 unspecified atom stereocenters. The molecule has 0 amide bonds. The molecule has 0 radical (unpaired) electrons. The predicted molar refractivity (Wildman–Crippen MR) is 50.4 cm³/mol. The van der Waals surface area contributed by atoms with E-state index in [4.69, 9.17) is 23.2 Å². The predicted octanol–water partition coefficient (Wildman–Crippen LogP) is 4.31. The second-order valence-corrected chi connectivity index (χ2v) is 3.42. The zero-order valence-corrected chi connectivity index (χ0v) is 9.37. The van der Waals surface area contributed by atoms with Gasteiger partial charge in [-0.25, -0.2) is 13.8 Å². The van der Waals surface area contributed by atoms with E-state index in [2.05, 4.69) is 9.72 Å². The van der Waals surface area contributed by atoms with Gasteiger partial charge in [0, 0.05) is 12.1 Å². The van der Waals surface area contributed by atoms with Crippen molar-refractivity contribution in [3.8, 4) is 5.75 Å². The first-order valence-electron chi connectivity index (χ1n) is 4.03. The Labute approximate surface area is 102 Å². The normalized spacial score (nSPS) is 12.0. The summed E-state index contributed by atoms with van der Waals surface area (Å²) in [4.78, 5) is 3.30. The van der Waals surface area contributed by atoms with Gasteiger partial charge < -0.3 is 4.74 Å². The molecule has 96 valence electrons. The number of ether oxygens (including phenoxy) is 1. The standard InChI is InChI=1S/C8H4Cl2F5NO/c9-1-3-2-16-6(10)5(4(3)7(11)12)17-8(13,14)15/h2,7H,1H2. The highest BCUT2D eigenvalue weighted by Crippen LogP contribution is 2.39. The molecule has 1 rings (SSSR count). The number of alkyl halides is 6. The zero-order chi connectivity index (χ0) is 13.2. The SMILES string of the molecule is FC(F)c1c(CCl)cnc(Cl)c1OC(F)(F)F. The number of hydrogen-bond acceptors (Lipinski definition) is 2. The van der Waals surface area contributed by atoms with Gasteiger partial charge in [0.1, 0.15) is 0 Å². The third-order valence-corrected chi connectivity index (χ3v) is 2.25. The van der Waals surface area contributed by atoms with Crippen molar-refractivity contribution in [2.75, 3.05) is 0 Å². The van der Waals surface area contributed by atoms with Crippen molar-refractivity contribution >= 4 is 23.2 Å². The zero-order valence-electron chi connectivity index (χ0n) is 7.86. The molecule has 0 aromatic carbocycles. The summed E-state index contributed by atoms with van der Waals surface area (Å²) in [5, 5.41) is -0.800. The lowest BCUT2D eigenvalue weighted by Gasteiger charge is -2.15. The summed E-state index contributed by atoms with van der Waals surface area (Å²) >= 11 is 10.6. The highest BCUT2D eigenvalue weighted by molar-refractivity contribution is 6.31. The summed E-state index contributed by atoms with van der Waals surface area (Å²) in [6, 6.07) is 0. The van der Waals surface area contributed by atoms with Crippen LogP contribution < -0.4 is 4.74 Å². The molecule has 1 heterocycles. The molecule has 0 saturated carbocycles. The van der Waals surface area contributed by atoms with Crippen molar-refractivity contribution in [1.29, 1.82) is 0 Å². The lowest BCUT2D eigenvalue weighted by atomic mass is 10.1. The van der Waals surface area contributed by atoms with Gasteiger partial charge >= 0.3 is 6.36 Å². The molecule has 0 atom stereocenters. The molecule has 0 fully saturated rings. The molecule has 1 aromatic heterocycles. The van der Waals surface area contributed by atoms with Gasteiger partial charge in [0.2, 0.25) is 0 Å². The maximum absolute atomic E-state index is 12.6. The van der Waals surface area contributed by atoms with Crippen molar-refractivity contribution in [2.45, 2.75) is 18.7 Å². The van der Waals surface area contributed by atoms with Crippen LogP contribution in [0.5, 0.6) is 5.75 Å². The molecular weight excluding hydrogens is 292 g/mol. The van der Waals surface area contributed by atoms with Gasteiger partial charge in [-0.3, -0.25) is 0 Å². The molecule has 0 N–H and O–H groups in total. The Morgan fingerprint density at radius 3 is 2.35 bits per heavy atom. The molecule has 0 aliphatic carbocycles. The molecule has 0 bridgehead atoms. The smallest absolute Gasteiger partial charge is 0.402 e. The Kier molecular flexibility index (Phi) is 4.37. The van der Waals surface area contributed by atoms with E-state index in [-0.39, 0.29) is 5.56 Å². The Balaban J connectivity index is 3.34. The molecule has 0 aliphatic heterocycles. The summed E-state index contributed by atoms with van der Waals surface area (Å²) < 4.78 is 64.8. The van der Waals surface area contributed by atoms with E-state index in [1.54, 1.807) is 0 Å². The fraction of sp³-hybridized carbons (Fsp3) is 0.375. The molecule has 0 aliphatic rings. The average Bonchev–Trinajstić information content (AvgIpc) is 2.18. The Hall–Kier alpha value is -0.820. The first kappa shape index (κ1) is 14.2. The van der Waals surface area contributed by atoms with E-state index in [9.17, 15) is 22.0 Å². The summed E-state index contributed by atoms with van der Waals surface area (Å²) in [6.07, 6.45) is -7.47. The summed E-state index contributed by atoms with van der Waals surface area (Å²) in [6.45, 7) is 0. The molecular formula is C8H4Cl2F5NO. The lowest BCUT2D eigenvalue weighted by Crippen LogP contribution is -2.19. The first-order valence-corrected chi connectivity index (χ1v) is 4.94. The highest BCUT2D eigenvalue weighted by Gasteiger charge is 2.35. The van der Waals surface area contributed by atoms with Crippen LogP contribution in [0.4, 0.5) is 22.0 Å². The maximum atomic E-state index is 12.6. The summed E-state index contributed by atoms with van der Waals surface area (Å²) in [7, 11) is 0. The van der Waals surface area contributed by atoms with E-state index >= 15 is 0 Å². The van der Waals surface area contributed by atoms with Gasteiger partial charge in [-0.2, -0.15) is 0 Å². The second kappa shape index (κ2) is 5.22. The van der Waals surface area contributed by atoms with Crippen LogP contribution in [0.25, 0.3) is 0 Å². The number of aromatic nitrogens is 1. The molecule has 2 nitrogen and oxygen atoms in total. The van der Waals surface area contributed by atoms with Crippen LogP contribution in [0.3, 0.4) is 0 Å². The number of rotatable bonds is 3. The maximum Gasteiger partial charge on any atom is 0.573 e. The fourth-order valence-electron chi connectivity index (χ4n) is 1.08. The van der Waals surface area contributed by atoms with Gasteiger partial charge in [0.15, 0.2) is 10.9 Å². The van der Waals surface area contributed by atoms with Crippen LogP contribution in [0.1, 0.15) is 17.6 Å². The van der Waals surface area contributed by atoms with E-state index in [1.165, 1.54) is 0 Å². The molecule has 0 spiro atoms. The van der Waals surface area contributed by atoms with E-state index in [0.717, 1.165) is 6.20 Å². The van der Waals surface area contributed by atoms with Gasteiger partial charge in [-0.05, 0) is 5.56 Å². The number of pyridine rings is 1. The molecule has 0 saturated heterocycles.